The summed E-state index contributed by atoms with van der Waals surface area (Å²) >= 11 is 0. The standard InChI is InChI=1S/C22H35NO2/c1-2-3-4-5-6-7-8-9-10-11-12-13-14-15-16-17-18-19-22(25)23-20-21-24/h10-19,24H,2-9,20-21H2,1H3,(H,23,25)/b11-10-,13-12-,15-14+,17-16-,19-18+. The molecule has 0 unspecified atom stereocenters. The summed E-state index contributed by atoms with van der Waals surface area (Å²) in [6.07, 6.45) is 29.6. The molecule has 0 aromatic carbocycles. The zero-order chi connectivity index (χ0) is 18.4. The molecule has 0 aromatic rings. The van der Waals surface area contributed by atoms with Gasteiger partial charge in [-0.3, -0.25) is 4.79 Å². The number of aliphatic hydroxyl groups excluding tert-OH is 1. The van der Waals surface area contributed by atoms with E-state index < -0.39 is 0 Å². The van der Waals surface area contributed by atoms with E-state index in [-0.39, 0.29) is 19.1 Å². The van der Waals surface area contributed by atoms with Gasteiger partial charge in [-0.2, -0.15) is 0 Å². The van der Waals surface area contributed by atoms with Crippen LogP contribution in [0.3, 0.4) is 0 Å². The van der Waals surface area contributed by atoms with Gasteiger partial charge in [0, 0.05) is 12.6 Å². The predicted molar refractivity (Wildman–Crippen MR) is 108 cm³/mol. The van der Waals surface area contributed by atoms with E-state index in [1.165, 1.54) is 51.0 Å². The Morgan fingerprint density at radius 1 is 0.800 bits per heavy atom. The Bertz CT molecular complexity index is 445. The summed E-state index contributed by atoms with van der Waals surface area (Å²) < 4.78 is 0. The normalized spacial score (nSPS) is 12.6. The lowest BCUT2D eigenvalue weighted by molar-refractivity contribution is -0.116. The van der Waals surface area contributed by atoms with Crippen LogP contribution in [-0.2, 0) is 4.79 Å². The van der Waals surface area contributed by atoms with Gasteiger partial charge in [-0.1, -0.05) is 100 Å². The van der Waals surface area contributed by atoms with Crippen molar-refractivity contribution in [1.82, 2.24) is 5.32 Å². The second-order valence-electron chi connectivity index (χ2n) is 5.87. The molecule has 0 saturated heterocycles. The third kappa shape index (κ3) is 20.1. The van der Waals surface area contributed by atoms with Gasteiger partial charge in [0.15, 0.2) is 0 Å². The molecule has 3 nitrogen and oxygen atoms in total. The fourth-order valence-corrected chi connectivity index (χ4v) is 2.16. The van der Waals surface area contributed by atoms with Crippen LogP contribution in [0, 0.1) is 0 Å². The van der Waals surface area contributed by atoms with Gasteiger partial charge in [0.2, 0.25) is 5.91 Å². The number of carbonyl (C=O) groups excluding carboxylic acids is 1. The van der Waals surface area contributed by atoms with Crippen LogP contribution in [0.1, 0.15) is 58.3 Å². The SMILES string of the molecule is CCCCCCCCC\C=C/C=C\C=C\C=C/C=C/C(=O)NCCO. The summed E-state index contributed by atoms with van der Waals surface area (Å²) in [5.41, 5.74) is 0. The first-order valence-corrected chi connectivity index (χ1v) is 9.53. The minimum absolute atomic E-state index is 0.0437. The first-order valence-electron chi connectivity index (χ1n) is 9.53. The smallest absolute Gasteiger partial charge is 0.244 e. The van der Waals surface area contributed by atoms with Gasteiger partial charge >= 0.3 is 0 Å². The summed E-state index contributed by atoms with van der Waals surface area (Å²) in [6.45, 7) is 2.49. The lowest BCUT2D eigenvalue weighted by Gasteiger charge is -1.98. The Kier molecular flexibility index (Phi) is 18.7. The lowest BCUT2D eigenvalue weighted by Crippen LogP contribution is -2.24. The van der Waals surface area contributed by atoms with Crippen molar-refractivity contribution in [3.63, 3.8) is 0 Å². The van der Waals surface area contributed by atoms with Crippen LogP contribution in [0.5, 0.6) is 0 Å². The van der Waals surface area contributed by atoms with Crippen LogP contribution in [0.15, 0.2) is 60.8 Å². The largest absolute Gasteiger partial charge is 0.395 e. The van der Waals surface area contributed by atoms with Crippen LogP contribution in [0.25, 0.3) is 0 Å². The molecule has 0 aromatic heterocycles. The maximum atomic E-state index is 11.2. The van der Waals surface area contributed by atoms with Crippen molar-refractivity contribution in [1.29, 1.82) is 0 Å². The minimum atomic E-state index is -0.200. The summed E-state index contributed by atoms with van der Waals surface area (Å²) in [5, 5.41) is 11.1. The minimum Gasteiger partial charge on any atom is -0.395 e. The van der Waals surface area contributed by atoms with Gasteiger partial charge in [0.25, 0.3) is 0 Å². The third-order valence-corrected chi connectivity index (χ3v) is 3.55. The molecule has 0 aliphatic carbocycles. The number of nitrogens with one attached hydrogen (secondary N) is 1. The molecule has 0 aliphatic rings. The van der Waals surface area contributed by atoms with Crippen molar-refractivity contribution >= 4 is 5.91 Å². The second kappa shape index (κ2) is 20.2. The molecule has 3 heteroatoms. The number of amides is 1. The molecule has 1 amide bonds. The molecule has 25 heavy (non-hydrogen) atoms. The molecule has 0 radical (unpaired) electrons. The summed E-state index contributed by atoms with van der Waals surface area (Å²) in [7, 11) is 0. The van der Waals surface area contributed by atoms with Gasteiger partial charge in [0.1, 0.15) is 0 Å². The molecular formula is C22H35NO2. The van der Waals surface area contributed by atoms with E-state index in [9.17, 15) is 4.79 Å². The molecule has 0 bridgehead atoms. The highest BCUT2D eigenvalue weighted by atomic mass is 16.3. The molecule has 0 spiro atoms. The van der Waals surface area contributed by atoms with Gasteiger partial charge in [-0.25, -0.2) is 0 Å². The molecule has 0 rings (SSSR count). The van der Waals surface area contributed by atoms with Crippen LogP contribution in [0.2, 0.25) is 0 Å². The maximum Gasteiger partial charge on any atom is 0.244 e. The Balaban J connectivity index is 3.59. The predicted octanol–water partition coefficient (Wildman–Crippen LogP) is 5.02. The van der Waals surface area contributed by atoms with E-state index in [1.54, 1.807) is 12.2 Å². The zero-order valence-electron chi connectivity index (χ0n) is 15.7. The van der Waals surface area contributed by atoms with Crippen molar-refractivity contribution in [2.24, 2.45) is 0 Å². The zero-order valence-corrected chi connectivity index (χ0v) is 15.7. The Morgan fingerprint density at radius 2 is 1.36 bits per heavy atom. The van der Waals surface area contributed by atoms with Gasteiger partial charge in [-0.15, -0.1) is 0 Å². The van der Waals surface area contributed by atoms with Gasteiger partial charge in [0.05, 0.1) is 6.61 Å². The molecule has 0 atom stereocenters. The number of carbonyl (C=O) groups is 1. The van der Waals surface area contributed by atoms with E-state index in [0.29, 0.717) is 0 Å². The van der Waals surface area contributed by atoms with Crippen LogP contribution in [-0.4, -0.2) is 24.2 Å². The van der Waals surface area contributed by atoms with E-state index in [0.717, 1.165) is 6.42 Å². The molecule has 0 saturated carbocycles. The summed E-state index contributed by atoms with van der Waals surface area (Å²) in [5.74, 6) is -0.200. The Hall–Kier alpha value is -1.87. The van der Waals surface area contributed by atoms with Crippen molar-refractivity contribution in [3.8, 4) is 0 Å². The quantitative estimate of drug-likeness (QED) is 0.249. The van der Waals surface area contributed by atoms with Crippen LogP contribution >= 0.6 is 0 Å². The number of unbranched alkanes of at least 4 members (excludes halogenated alkanes) is 7. The van der Waals surface area contributed by atoms with E-state index in [4.69, 9.17) is 5.11 Å². The molecule has 0 heterocycles. The van der Waals surface area contributed by atoms with Gasteiger partial charge in [-0.05, 0) is 12.8 Å². The van der Waals surface area contributed by atoms with Crippen molar-refractivity contribution < 1.29 is 9.90 Å². The van der Waals surface area contributed by atoms with Crippen molar-refractivity contribution in [2.75, 3.05) is 13.2 Å². The van der Waals surface area contributed by atoms with Crippen molar-refractivity contribution in [2.45, 2.75) is 58.3 Å². The highest BCUT2D eigenvalue weighted by Crippen LogP contribution is 2.08. The topological polar surface area (TPSA) is 49.3 Å². The number of allylic oxidation sites excluding steroid dienone is 9. The maximum absolute atomic E-state index is 11.2. The molecule has 0 aliphatic heterocycles. The number of hydrogen-bond donors (Lipinski definition) is 2. The summed E-state index contributed by atoms with van der Waals surface area (Å²) in [4.78, 5) is 11.2. The monoisotopic (exact) mass is 345 g/mol. The first kappa shape index (κ1) is 23.1. The third-order valence-electron chi connectivity index (χ3n) is 3.55. The molecule has 140 valence electrons. The lowest BCUT2D eigenvalue weighted by atomic mass is 10.1. The molecule has 0 fully saturated rings. The second-order valence-corrected chi connectivity index (χ2v) is 5.87. The van der Waals surface area contributed by atoms with E-state index >= 15 is 0 Å². The van der Waals surface area contributed by atoms with Crippen LogP contribution < -0.4 is 5.32 Å². The highest BCUT2D eigenvalue weighted by Gasteiger charge is 1.90. The van der Waals surface area contributed by atoms with Crippen LogP contribution in [0.4, 0.5) is 0 Å². The first-order chi connectivity index (χ1) is 12.3. The Morgan fingerprint density at radius 3 is 2.00 bits per heavy atom. The molecular weight excluding hydrogens is 310 g/mol. The molecule has 2 N–H and O–H groups in total. The van der Waals surface area contributed by atoms with E-state index in [1.807, 2.05) is 30.4 Å². The number of rotatable bonds is 15. The van der Waals surface area contributed by atoms with E-state index in [2.05, 4.69) is 24.4 Å². The average Bonchev–Trinajstić information content (AvgIpc) is 2.62. The number of aliphatic hydroxyl groups is 1. The highest BCUT2D eigenvalue weighted by molar-refractivity contribution is 5.87. The van der Waals surface area contributed by atoms with Crippen molar-refractivity contribution in [3.05, 3.63) is 60.8 Å². The van der Waals surface area contributed by atoms with Gasteiger partial charge < -0.3 is 10.4 Å². The fourth-order valence-electron chi connectivity index (χ4n) is 2.16. The number of hydrogen-bond acceptors (Lipinski definition) is 2. The fraction of sp³-hybridized carbons (Fsp3) is 0.500. The average molecular weight is 346 g/mol. The summed E-state index contributed by atoms with van der Waals surface area (Å²) in [6, 6.07) is 0. The Labute approximate surface area is 153 Å².